The van der Waals surface area contributed by atoms with E-state index in [4.69, 9.17) is 34.8 Å². The Morgan fingerprint density at radius 3 is 2.10 bits per heavy atom. The first-order valence-corrected chi connectivity index (χ1v) is 3.48. The van der Waals surface area contributed by atoms with Gasteiger partial charge in [0.05, 0.1) is 0 Å². The van der Waals surface area contributed by atoms with Crippen LogP contribution in [0.1, 0.15) is 0 Å². The molecule has 1 N–H and O–H groups in total. The highest BCUT2D eigenvalue weighted by atomic mass is 35.6. The third kappa shape index (κ3) is 7.88. The van der Waals surface area contributed by atoms with Crippen LogP contribution in [-0.4, -0.2) is 9.28 Å². The Bertz CT molecular complexity index is 187. The van der Waals surface area contributed by atoms with Crippen molar-refractivity contribution in [3.05, 3.63) is 23.0 Å². The number of nitrogens with one attached hydrogen (secondary N) is 1. The molecule has 0 aliphatic rings. The molecular formula is C4H4Cl3NO2. The minimum atomic E-state index is -0.750. The number of oxazole rings is 1. The molecule has 0 saturated carbocycles. The number of hydrogen-bond acceptors (Lipinski definition) is 2. The highest BCUT2D eigenvalue weighted by Crippen LogP contribution is 2.03. The average Bonchev–Trinajstić information content (AvgIpc) is 2.15. The lowest BCUT2D eigenvalue weighted by Gasteiger charge is -1.69. The molecule has 1 aromatic rings. The smallest absolute Gasteiger partial charge is 0.416 e. The van der Waals surface area contributed by atoms with E-state index in [9.17, 15) is 4.79 Å². The van der Waals surface area contributed by atoms with Crippen molar-refractivity contribution in [3.8, 4) is 0 Å². The molecule has 0 radical (unpaired) electrons. The minimum Gasteiger partial charge on any atom is -0.417 e. The lowest BCUT2D eigenvalue weighted by atomic mass is 11.0. The molecule has 58 valence electrons. The lowest BCUT2D eigenvalue weighted by molar-refractivity contribution is 0.515. The number of hydrogen-bond donors (Lipinski definition) is 1. The van der Waals surface area contributed by atoms with Gasteiger partial charge in [-0.05, 0) is 0 Å². The normalized spacial score (nSPS) is 8.80. The summed E-state index contributed by atoms with van der Waals surface area (Å²) in [5, 5.41) is 0. The maximum Gasteiger partial charge on any atom is 0.416 e. The van der Waals surface area contributed by atoms with Crippen LogP contribution in [0.3, 0.4) is 0 Å². The number of alkyl halides is 3. The summed E-state index contributed by atoms with van der Waals surface area (Å²) in [4.78, 5) is 12.1. The molecular weight excluding hydrogens is 200 g/mol. The summed E-state index contributed by atoms with van der Waals surface area (Å²) in [6.45, 7) is 0. The third-order valence-corrected chi connectivity index (χ3v) is 0.444. The second-order valence-electron chi connectivity index (χ2n) is 1.10. The van der Waals surface area contributed by atoms with Gasteiger partial charge in [0.2, 0.25) is 0 Å². The first kappa shape index (κ1) is 9.88. The van der Waals surface area contributed by atoms with E-state index in [0.29, 0.717) is 0 Å². The van der Waals surface area contributed by atoms with E-state index in [1.54, 1.807) is 0 Å². The number of rotatable bonds is 0. The van der Waals surface area contributed by atoms with E-state index in [1.807, 2.05) is 0 Å². The van der Waals surface area contributed by atoms with Crippen molar-refractivity contribution in [1.29, 1.82) is 0 Å². The molecule has 0 fully saturated rings. The minimum absolute atomic E-state index is 0.407. The zero-order valence-corrected chi connectivity index (χ0v) is 6.95. The zero-order valence-electron chi connectivity index (χ0n) is 4.68. The van der Waals surface area contributed by atoms with E-state index in [1.165, 1.54) is 12.5 Å². The second-order valence-corrected chi connectivity index (χ2v) is 3.08. The lowest BCUT2D eigenvalue weighted by Crippen LogP contribution is -1.91. The monoisotopic (exact) mass is 203 g/mol. The van der Waals surface area contributed by atoms with Gasteiger partial charge in [-0.2, -0.15) is 0 Å². The van der Waals surface area contributed by atoms with Crippen LogP contribution >= 0.6 is 34.8 Å². The average molecular weight is 204 g/mol. The molecule has 0 atom stereocenters. The maximum atomic E-state index is 9.85. The number of H-pyrrole nitrogens is 1. The quantitative estimate of drug-likeness (QED) is 0.657. The Hall–Kier alpha value is -0.120. The molecule has 1 rings (SSSR count). The third-order valence-electron chi connectivity index (χ3n) is 0.444. The summed E-state index contributed by atoms with van der Waals surface area (Å²) in [5.41, 5.74) is 0. The number of aromatic amines is 1. The van der Waals surface area contributed by atoms with Crippen LogP contribution in [0.25, 0.3) is 0 Å². The van der Waals surface area contributed by atoms with Gasteiger partial charge in [0.15, 0.2) is 4.30 Å². The molecule has 0 unspecified atom stereocenters. The van der Waals surface area contributed by atoms with Gasteiger partial charge in [0.1, 0.15) is 6.26 Å². The van der Waals surface area contributed by atoms with Crippen LogP contribution in [0.15, 0.2) is 21.7 Å². The fourth-order valence-corrected chi connectivity index (χ4v) is 0.232. The molecule has 0 aromatic carbocycles. The Kier molecular flexibility index (Phi) is 5.58. The fourth-order valence-electron chi connectivity index (χ4n) is 0.232. The van der Waals surface area contributed by atoms with Crippen LogP contribution in [-0.2, 0) is 0 Å². The highest BCUT2D eigenvalue weighted by Gasteiger charge is 1.78. The molecule has 0 aliphatic carbocycles. The predicted octanol–water partition coefficient (Wildman–Crippen LogP) is 1.95. The molecule has 3 nitrogen and oxygen atoms in total. The van der Waals surface area contributed by atoms with Gasteiger partial charge in [0, 0.05) is 6.20 Å². The van der Waals surface area contributed by atoms with Crippen molar-refractivity contribution >= 4 is 34.8 Å². The van der Waals surface area contributed by atoms with E-state index >= 15 is 0 Å². The van der Waals surface area contributed by atoms with Gasteiger partial charge in [0.25, 0.3) is 0 Å². The maximum absolute atomic E-state index is 9.85. The topological polar surface area (TPSA) is 46.0 Å². The van der Waals surface area contributed by atoms with Gasteiger partial charge < -0.3 is 4.42 Å². The molecule has 0 aliphatic heterocycles. The molecule has 6 heteroatoms. The van der Waals surface area contributed by atoms with Crippen LogP contribution in [0, 0.1) is 0 Å². The Labute approximate surface area is 71.9 Å². The molecule has 10 heavy (non-hydrogen) atoms. The fraction of sp³-hybridized carbons (Fsp3) is 0.250. The van der Waals surface area contributed by atoms with Crippen LogP contribution in [0.5, 0.6) is 0 Å². The molecule has 1 heterocycles. The Balaban J connectivity index is 0.000000180. The summed E-state index contributed by atoms with van der Waals surface area (Å²) in [6, 6.07) is 0. The first-order chi connectivity index (χ1) is 4.63. The van der Waals surface area contributed by atoms with Crippen molar-refractivity contribution in [1.82, 2.24) is 4.98 Å². The van der Waals surface area contributed by atoms with Gasteiger partial charge in [-0.1, -0.05) is 34.8 Å². The Morgan fingerprint density at radius 1 is 1.50 bits per heavy atom. The van der Waals surface area contributed by atoms with Gasteiger partial charge in [-0.25, -0.2) is 4.79 Å². The van der Waals surface area contributed by atoms with Crippen LogP contribution in [0.2, 0.25) is 0 Å². The number of halogens is 3. The van der Waals surface area contributed by atoms with Crippen molar-refractivity contribution < 1.29 is 4.42 Å². The highest BCUT2D eigenvalue weighted by molar-refractivity contribution is 6.63. The SMILES string of the molecule is ClC(Cl)Cl.O=c1[nH]cco1. The predicted molar refractivity (Wildman–Crippen MR) is 40.7 cm³/mol. The molecule has 0 saturated heterocycles. The molecule has 1 aromatic heterocycles. The van der Waals surface area contributed by atoms with Crippen molar-refractivity contribution in [2.75, 3.05) is 0 Å². The van der Waals surface area contributed by atoms with Gasteiger partial charge in [-0.15, -0.1) is 0 Å². The van der Waals surface area contributed by atoms with E-state index in [0.717, 1.165) is 0 Å². The van der Waals surface area contributed by atoms with Crippen molar-refractivity contribution in [2.45, 2.75) is 4.30 Å². The summed E-state index contributed by atoms with van der Waals surface area (Å²) in [5.74, 6) is -0.407. The second kappa shape index (κ2) is 5.65. The Morgan fingerprint density at radius 2 is 2.00 bits per heavy atom. The van der Waals surface area contributed by atoms with Crippen LogP contribution < -0.4 is 5.76 Å². The van der Waals surface area contributed by atoms with Gasteiger partial charge >= 0.3 is 5.76 Å². The van der Waals surface area contributed by atoms with E-state index in [-0.39, 0.29) is 0 Å². The molecule has 0 amide bonds. The van der Waals surface area contributed by atoms with Crippen LogP contribution in [0.4, 0.5) is 0 Å². The summed E-state index contributed by atoms with van der Waals surface area (Å²) >= 11 is 14.4. The summed E-state index contributed by atoms with van der Waals surface area (Å²) in [6.07, 6.45) is 2.73. The van der Waals surface area contributed by atoms with Gasteiger partial charge in [-0.3, -0.25) is 4.98 Å². The standard InChI is InChI=1S/C3H3NO2.CHCl3/c5-3-4-1-2-6-3;2-1(3)4/h1-2H,(H,4,5);1H. The van der Waals surface area contributed by atoms with E-state index < -0.39 is 10.1 Å². The summed E-state index contributed by atoms with van der Waals surface area (Å²) in [7, 11) is 0. The first-order valence-electron chi connectivity index (χ1n) is 2.17. The van der Waals surface area contributed by atoms with Crippen molar-refractivity contribution in [2.24, 2.45) is 0 Å². The largest absolute Gasteiger partial charge is 0.417 e. The number of aromatic nitrogens is 1. The summed E-state index contributed by atoms with van der Waals surface area (Å²) < 4.78 is 3.47. The van der Waals surface area contributed by atoms with Crippen molar-refractivity contribution in [3.63, 3.8) is 0 Å². The molecule has 0 bridgehead atoms. The molecule has 0 spiro atoms. The zero-order chi connectivity index (χ0) is 7.98. The van der Waals surface area contributed by atoms with E-state index in [2.05, 4.69) is 9.40 Å².